The lowest BCUT2D eigenvalue weighted by atomic mass is 10.1. The summed E-state index contributed by atoms with van der Waals surface area (Å²) in [5.74, 6) is 0.262. The molecule has 0 fully saturated rings. The van der Waals surface area contributed by atoms with Gasteiger partial charge in [0.25, 0.3) is 11.5 Å². The molecule has 1 atom stereocenters. The molecule has 0 saturated heterocycles. The van der Waals surface area contributed by atoms with Gasteiger partial charge in [-0.3, -0.25) is 14.2 Å². The number of anilines is 1. The summed E-state index contributed by atoms with van der Waals surface area (Å²) in [7, 11) is 0. The van der Waals surface area contributed by atoms with Crippen LogP contribution in [0.25, 0.3) is 16.6 Å². The molecule has 162 valence electrons. The number of fused-ring (bicyclic) bond motifs is 1. The predicted octanol–water partition coefficient (Wildman–Crippen LogP) is 4.55. The molecule has 1 unspecified atom stereocenters. The van der Waals surface area contributed by atoms with Crippen LogP contribution in [0.3, 0.4) is 0 Å². The zero-order chi connectivity index (χ0) is 22.8. The van der Waals surface area contributed by atoms with Gasteiger partial charge in [-0.1, -0.05) is 12.1 Å². The minimum absolute atomic E-state index is 0.148. The molecule has 7 heteroatoms. The second kappa shape index (κ2) is 8.63. The molecule has 1 heterocycles. The number of benzene rings is 3. The molecule has 0 aliphatic heterocycles. The number of carbonyl (C=O) groups is 1. The van der Waals surface area contributed by atoms with Crippen LogP contribution in [-0.4, -0.2) is 21.6 Å². The highest BCUT2D eigenvalue weighted by molar-refractivity contribution is 5.94. The largest absolute Gasteiger partial charge is 0.481 e. The molecule has 3 aromatic carbocycles. The Morgan fingerprint density at radius 2 is 1.78 bits per heavy atom. The minimum atomic E-state index is -0.783. The van der Waals surface area contributed by atoms with E-state index in [4.69, 9.17) is 4.74 Å². The molecule has 1 N–H and O–H groups in total. The second-order valence-electron chi connectivity index (χ2n) is 7.52. The number of hydrogen-bond acceptors (Lipinski definition) is 4. The van der Waals surface area contributed by atoms with Crippen LogP contribution in [0.4, 0.5) is 10.1 Å². The third kappa shape index (κ3) is 4.23. The molecule has 4 aromatic rings. The van der Waals surface area contributed by atoms with Crippen LogP contribution in [0, 0.1) is 19.7 Å². The molecule has 0 saturated carbocycles. The van der Waals surface area contributed by atoms with E-state index < -0.39 is 6.10 Å². The van der Waals surface area contributed by atoms with Crippen molar-refractivity contribution < 1.29 is 13.9 Å². The van der Waals surface area contributed by atoms with E-state index in [1.165, 1.54) is 24.3 Å². The van der Waals surface area contributed by atoms with E-state index in [1.54, 1.807) is 36.6 Å². The summed E-state index contributed by atoms with van der Waals surface area (Å²) in [6.45, 7) is 5.25. The average molecular weight is 431 g/mol. The van der Waals surface area contributed by atoms with E-state index in [0.29, 0.717) is 33.9 Å². The standard InChI is InChI=1S/C25H22FN3O3/c1-15-14-19(29-17(3)27-23-7-5-4-6-21(23)25(29)31)10-13-22(15)28-24(30)16(2)32-20-11-8-18(26)9-12-20/h4-14,16H,1-3H3,(H,28,30). The van der Waals surface area contributed by atoms with E-state index in [1.807, 2.05) is 31.2 Å². The minimum Gasteiger partial charge on any atom is -0.481 e. The third-order valence-corrected chi connectivity index (χ3v) is 5.17. The molecule has 0 spiro atoms. The molecular formula is C25H22FN3O3. The summed E-state index contributed by atoms with van der Waals surface area (Å²) in [5.41, 5.74) is 2.56. The van der Waals surface area contributed by atoms with Gasteiger partial charge in [0.05, 0.1) is 16.6 Å². The van der Waals surface area contributed by atoms with E-state index >= 15 is 0 Å². The summed E-state index contributed by atoms with van der Waals surface area (Å²) < 4.78 is 20.2. The SMILES string of the molecule is Cc1cc(-n2c(C)nc3ccccc3c2=O)ccc1NC(=O)C(C)Oc1ccc(F)cc1. The fraction of sp³-hybridized carbons (Fsp3) is 0.160. The maximum absolute atomic E-state index is 13.0. The average Bonchev–Trinajstić information content (AvgIpc) is 2.77. The van der Waals surface area contributed by atoms with Crippen molar-refractivity contribution >= 4 is 22.5 Å². The van der Waals surface area contributed by atoms with Crippen molar-refractivity contribution in [3.8, 4) is 11.4 Å². The van der Waals surface area contributed by atoms with Crippen LogP contribution in [0.5, 0.6) is 5.75 Å². The summed E-state index contributed by atoms with van der Waals surface area (Å²) >= 11 is 0. The Hall–Kier alpha value is -4.00. The van der Waals surface area contributed by atoms with Crippen LogP contribution >= 0.6 is 0 Å². The van der Waals surface area contributed by atoms with Crippen LogP contribution in [0.1, 0.15) is 18.3 Å². The third-order valence-electron chi connectivity index (χ3n) is 5.17. The van der Waals surface area contributed by atoms with Crippen molar-refractivity contribution in [3.63, 3.8) is 0 Å². The van der Waals surface area contributed by atoms with Gasteiger partial charge in [-0.25, -0.2) is 9.37 Å². The molecule has 0 aliphatic rings. The number of aryl methyl sites for hydroxylation is 2. The van der Waals surface area contributed by atoms with E-state index in [9.17, 15) is 14.0 Å². The van der Waals surface area contributed by atoms with Crippen molar-refractivity contribution in [1.82, 2.24) is 9.55 Å². The first-order chi connectivity index (χ1) is 15.3. The van der Waals surface area contributed by atoms with Gasteiger partial charge in [0, 0.05) is 5.69 Å². The normalized spacial score (nSPS) is 11.9. The zero-order valence-corrected chi connectivity index (χ0v) is 17.9. The number of para-hydroxylation sites is 1. The number of halogens is 1. The number of carbonyl (C=O) groups excluding carboxylic acids is 1. The second-order valence-corrected chi connectivity index (χ2v) is 7.52. The first-order valence-electron chi connectivity index (χ1n) is 10.2. The Balaban J connectivity index is 1.56. The van der Waals surface area contributed by atoms with Gasteiger partial charge in [-0.2, -0.15) is 0 Å². The Labute approximate surface area is 184 Å². The van der Waals surface area contributed by atoms with Crippen molar-refractivity contribution in [1.29, 1.82) is 0 Å². The van der Waals surface area contributed by atoms with Gasteiger partial charge in [-0.05, 0) is 80.9 Å². The zero-order valence-electron chi connectivity index (χ0n) is 17.9. The first kappa shape index (κ1) is 21.2. The van der Waals surface area contributed by atoms with Crippen molar-refractivity contribution in [2.75, 3.05) is 5.32 Å². The molecule has 6 nitrogen and oxygen atoms in total. The fourth-order valence-electron chi connectivity index (χ4n) is 3.48. The van der Waals surface area contributed by atoms with Gasteiger partial charge in [-0.15, -0.1) is 0 Å². The summed E-state index contributed by atoms with van der Waals surface area (Å²) in [6.07, 6.45) is -0.783. The van der Waals surface area contributed by atoms with Crippen molar-refractivity contribution in [2.24, 2.45) is 0 Å². The molecule has 1 aromatic heterocycles. The fourth-order valence-corrected chi connectivity index (χ4v) is 3.48. The molecule has 0 radical (unpaired) electrons. The van der Waals surface area contributed by atoms with Crippen molar-refractivity contribution in [2.45, 2.75) is 26.9 Å². The maximum atomic E-state index is 13.0. The summed E-state index contributed by atoms with van der Waals surface area (Å²) in [6, 6.07) is 18.0. The topological polar surface area (TPSA) is 73.2 Å². The monoisotopic (exact) mass is 431 g/mol. The number of rotatable bonds is 5. The highest BCUT2D eigenvalue weighted by Gasteiger charge is 2.17. The highest BCUT2D eigenvalue weighted by atomic mass is 19.1. The Morgan fingerprint density at radius 1 is 1.06 bits per heavy atom. The van der Waals surface area contributed by atoms with E-state index in [0.717, 1.165) is 5.56 Å². The van der Waals surface area contributed by atoms with E-state index in [-0.39, 0.29) is 17.3 Å². The number of amides is 1. The highest BCUT2D eigenvalue weighted by Crippen LogP contribution is 2.21. The summed E-state index contributed by atoms with van der Waals surface area (Å²) in [5, 5.41) is 3.38. The number of nitrogens with one attached hydrogen (secondary N) is 1. The van der Waals surface area contributed by atoms with E-state index in [2.05, 4.69) is 10.3 Å². The Morgan fingerprint density at radius 3 is 2.50 bits per heavy atom. The first-order valence-corrected chi connectivity index (χ1v) is 10.2. The van der Waals surface area contributed by atoms with Gasteiger partial charge in [0.15, 0.2) is 6.10 Å². The molecule has 4 rings (SSSR count). The quantitative estimate of drug-likeness (QED) is 0.503. The van der Waals surface area contributed by atoms with Gasteiger partial charge < -0.3 is 10.1 Å². The van der Waals surface area contributed by atoms with Crippen LogP contribution in [0.15, 0.2) is 71.5 Å². The van der Waals surface area contributed by atoms with Crippen LogP contribution in [-0.2, 0) is 4.79 Å². The lowest BCUT2D eigenvalue weighted by molar-refractivity contribution is -0.122. The number of ether oxygens (including phenoxy) is 1. The van der Waals surface area contributed by atoms with Gasteiger partial charge in [0.1, 0.15) is 17.4 Å². The molecule has 32 heavy (non-hydrogen) atoms. The molecule has 1 amide bonds. The van der Waals surface area contributed by atoms with Crippen LogP contribution < -0.4 is 15.6 Å². The Kier molecular flexibility index (Phi) is 5.73. The summed E-state index contributed by atoms with van der Waals surface area (Å²) in [4.78, 5) is 30.1. The lowest BCUT2D eigenvalue weighted by Crippen LogP contribution is -2.30. The maximum Gasteiger partial charge on any atom is 0.265 e. The predicted molar refractivity (Wildman–Crippen MR) is 122 cm³/mol. The van der Waals surface area contributed by atoms with Crippen LogP contribution in [0.2, 0.25) is 0 Å². The van der Waals surface area contributed by atoms with Crippen molar-refractivity contribution in [3.05, 3.63) is 94.3 Å². The lowest BCUT2D eigenvalue weighted by Gasteiger charge is -2.17. The molecule has 0 aliphatic carbocycles. The number of hydrogen-bond donors (Lipinski definition) is 1. The number of aromatic nitrogens is 2. The number of nitrogens with zero attached hydrogens (tertiary/aromatic N) is 2. The smallest absolute Gasteiger partial charge is 0.265 e. The van der Waals surface area contributed by atoms with Gasteiger partial charge >= 0.3 is 0 Å². The van der Waals surface area contributed by atoms with Gasteiger partial charge in [0.2, 0.25) is 0 Å². The Bertz CT molecular complexity index is 1360. The molecular weight excluding hydrogens is 409 g/mol. The molecule has 0 bridgehead atoms.